The monoisotopic (exact) mass is 493 g/mol. The molecule has 36 heavy (non-hydrogen) atoms. The number of Topliss-reactive ketones (excluding diaryl/α,β-unsaturated/α-hetero) is 1. The van der Waals surface area contributed by atoms with Crippen LogP contribution in [0, 0.1) is 18.3 Å². The van der Waals surface area contributed by atoms with E-state index in [0.717, 1.165) is 17.5 Å². The zero-order chi connectivity index (χ0) is 25.3. The van der Waals surface area contributed by atoms with Gasteiger partial charge in [0.2, 0.25) is 6.79 Å². The number of phenols is 1. The lowest BCUT2D eigenvalue weighted by Crippen LogP contribution is -2.75. The fourth-order valence-corrected chi connectivity index (χ4v) is 7.86. The summed E-state index contributed by atoms with van der Waals surface area (Å²) in [5, 5.41) is 44.4. The number of methoxy groups -OCH3 is 1. The van der Waals surface area contributed by atoms with Crippen LogP contribution in [0.3, 0.4) is 0 Å². The predicted molar refractivity (Wildman–Crippen MR) is 122 cm³/mol. The highest BCUT2D eigenvalue weighted by Gasteiger charge is 2.68. The number of fused-ring (bicyclic) bond motifs is 7. The van der Waals surface area contributed by atoms with Gasteiger partial charge >= 0.3 is 0 Å². The summed E-state index contributed by atoms with van der Waals surface area (Å²) < 4.78 is 16.8. The number of phenolic OH excluding ortho intramolecular Hbond substituents is 1. The number of nitrogens with zero attached hydrogens (tertiary/aromatic N) is 3. The first-order valence-electron chi connectivity index (χ1n) is 12.2. The number of piperidine rings is 1. The minimum atomic E-state index is -1.93. The van der Waals surface area contributed by atoms with E-state index in [1.807, 2.05) is 17.9 Å². The molecule has 1 aromatic carbocycles. The van der Waals surface area contributed by atoms with Gasteiger partial charge in [0.05, 0.1) is 31.9 Å². The topological polar surface area (TPSA) is 136 Å². The summed E-state index contributed by atoms with van der Waals surface area (Å²) in [7, 11) is 1.51. The molecule has 6 aliphatic rings. The molecule has 7 rings (SSSR count). The van der Waals surface area contributed by atoms with Crippen LogP contribution in [0.25, 0.3) is 0 Å². The van der Waals surface area contributed by atoms with E-state index >= 15 is 0 Å². The van der Waals surface area contributed by atoms with Crippen molar-refractivity contribution in [1.29, 1.82) is 5.26 Å². The van der Waals surface area contributed by atoms with Crippen molar-refractivity contribution in [2.45, 2.75) is 68.5 Å². The smallest absolute Gasteiger partial charge is 0.231 e. The normalized spacial score (nSPS) is 38.2. The Morgan fingerprint density at radius 3 is 2.69 bits per heavy atom. The summed E-state index contributed by atoms with van der Waals surface area (Å²) in [6.45, 7) is 2.99. The summed E-state index contributed by atoms with van der Waals surface area (Å²) in [5.74, 6) is 0.533. The molecule has 0 saturated carbocycles. The van der Waals surface area contributed by atoms with Crippen molar-refractivity contribution in [2.24, 2.45) is 0 Å². The molecular formula is C26H27N3O7. The third kappa shape index (κ3) is 2.29. The second-order valence-corrected chi connectivity index (χ2v) is 10.6. The van der Waals surface area contributed by atoms with Crippen molar-refractivity contribution in [1.82, 2.24) is 9.80 Å². The van der Waals surface area contributed by atoms with Crippen LogP contribution in [-0.4, -0.2) is 81.2 Å². The number of rotatable bonds is 2. The molecule has 7 atom stereocenters. The fourth-order valence-electron chi connectivity index (χ4n) is 7.86. The Bertz CT molecular complexity index is 1350. The summed E-state index contributed by atoms with van der Waals surface area (Å²) in [5.41, 5.74) is 1.14. The fraction of sp³-hybridized carbons (Fsp3) is 0.538. The Labute approximate surface area is 207 Å². The maximum Gasteiger partial charge on any atom is 0.231 e. The number of carbonyl (C=O) groups excluding carboxylic acids is 1. The van der Waals surface area contributed by atoms with Gasteiger partial charge in [-0.15, -0.1) is 0 Å². The standard InChI is InChI=1S/C26H27N3O7/c1-10-4-12-13-5-14-16(7-27)28-15(20(29(13)14)18(12)21(31)22(10)34-3)6-26(33)19(17(28)8-30)24-23(35-9-36-24)11(2)25(26)32/h4,13-17,20,30-31,33H,5-6,8-9H2,1-3H3/t13?,14?,15?,16-,17-,20?,26?/m0/s1. The third-order valence-corrected chi connectivity index (χ3v) is 9.19. The average Bonchev–Trinajstić information content (AvgIpc) is 3.42. The number of aromatic hydroxyl groups is 1. The van der Waals surface area contributed by atoms with Gasteiger partial charge in [-0.05, 0) is 31.4 Å². The first-order valence-corrected chi connectivity index (χ1v) is 12.2. The molecule has 0 bridgehead atoms. The largest absolute Gasteiger partial charge is 0.504 e. The van der Waals surface area contributed by atoms with E-state index in [4.69, 9.17) is 14.2 Å². The Kier molecular flexibility index (Phi) is 4.31. The molecule has 5 heterocycles. The van der Waals surface area contributed by atoms with Crippen LogP contribution in [0.5, 0.6) is 11.5 Å². The molecule has 10 heteroatoms. The number of nitriles is 1. The Morgan fingerprint density at radius 2 is 2.00 bits per heavy atom. The van der Waals surface area contributed by atoms with E-state index in [-0.39, 0.29) is 59.8 Å². The summed E-state index contributed by atoms with van der Waals surface area (Å²) >= 11 is 0. The maximum absolute atomic E-state index is 13.6. The minimum absolute atomic E-state index is 0.0109. The van der Waals surface area contributed by atoms with Gasteiger partial charge < -0.3 is 29.5 Å². The molecule has 4 saturated heterocycles. The van der Waals surface area contributed by atoms with Crippen LogP contribution in [-0.2, 0) is 14.3 Å². The number of carbonyl (C=O) groups is 1. The number of ketones is 1. The van der Waals surface area contributed by atoms with Crippen LogP contribution in [0.15, 0.2) is 28.7 Å². The van der Waals surface area contributed by atoms with E-state index < -0.39 is 36.1 Å². The SMILES string of the molecule is COc1c(C)cc2c(c1O)C1C3CC4(O)C(=O)C(C)=C5OCOC5=C4[C@H](CO)N3[C@@H](C#N)C3CC2N13. The van der Waals surface area contributed by atoms with Gasteiger partial charge in [0, 0.05) is 41.3 Å². The van der Waals surface area contributed by atoms with Crippen molar-refractivity contribution in [3.05, 3.63) is 45.4 Å². The molecule has 0 amide bonds. The highest BCUT2D eigenvalue weighted by Crippen LogP contribution is 2.65. The summed E-state index contributed by atoms with van der Waals surface area (Å²) in [6, 6.07) is 2.06. The van der Waals surface area contributed by atoms with Gasteiger partial charge in [-0.3, -0.25) is 14.6 Å². The van der Waals surface area contributed by atoms with Crippen molar-refractivity contribution in [3.8, 4) is 17.6 Å². The van der Waals surface area contributed by atoms with Gasteiger partial charge in [-0.25, -0.2) is 0 Å². The molecule has 0 aromatic heterocycles. The summed E-state index contributed by atoms with van der Waals surface area (Å²) in [6.07, 6.45) is 0.719. The Balaban J connectivity index is 1.46. The number of benzene rings is 1. The zero-order valence-electron chi connectivity index (χ0n) is 20.2. The molecule has 5 aliphatic heterocycles. The van der Waals surface area contributed by atoms with E-state index in [0.29, 0.717) is 11.3 Å². The zero-order valence-corrected chi connectivity index (χ0v) is 20.2. The highest BCUT2D eigenvalue weighted by atomic mass is 16.7. The molecule has 1 aromatic rings. The molecule has 1 aliphatic carbocycles. The molecule has 0 radical (unpaired) electrons. The van der Waals surface area contributed by atoms with E-state index in [1.165, 1.54) is 7.11 Å². The molecule has 3 N–H and O–H groups in total. The van der Waals surface area contributed by atoms with Gasteiger partial charge in [-0.2, -0.15) is 5.26 Å². The van der Waals surface area contributed by atoms with Crippen molar-refractivity contribution in [3.63, 3.8) is 0 Å². The quantitative estimate of drug-likeness (QED) is 0.549. The van der Waals surface area contributed by atoms with Gasteiger partial charge in [-0.1, -0.05) is 6.07 Å². The number of hydrogen-bond donors (Lipinski definition) is 3. The first-order chi connectivity index (χ1) is 17.3. The number of hydrogen-bond acceptors (Lipinski definition) is 10. The van der Waals surface area contributed by atoms with Crippen molar-refractivity contribution >= 4 is 5.78 Å². The molecule has 10 nitrogen and oxygen atoms in total. The lowest BCUT2D eigenvalue weighted by Gasteiger charge is -2.64. The maximum atomic E-state index is 13.6. The highest BCUT2D eigenvalue weighted by molar-refractivity contribution is 6.06. The van der Waals surface area contributed by atoms with Crippen molar-refractivity contribution < 1.29 is 34.3 Å². The number of aliphatic hydroxyl groups is 2. The number of aliphatic hydroxyl groups excluding tert-OH is 1. The van der Waals surface area contributed by atoms with Gasteiger partial charge in [0.25, 0.3) is 0 Å². The van der Waals surface area contributed by atoms with Crippen LogP contribution < -0.4 is 4.74 Å². The minimum Gasteiger partial charge on any atom is -0.504 e. The molecule has 188 valence electrons. The second kappa shape index (κ2) is 7.01. The number of piperazine rings is 1. The molecular weight excluding hydrogens is 466 g/mol. The first kappa shape index (κ1) is 22.1. The van der Waals surface area contributed by atoms with Crippen LogP contribution in [0.1, 0.15) is 48.5 Å². The predicted octanol–water partition coefficient (Wildman–Crippen LogP) is 1.07. The Morgan fingerprint density at radius 1 is 1.25 bits per heavy atom. The molecule has 4 fully saturated rings. The van der Waals surface area contributed by atoms with Crippen LogP contribution >= 0.6 is 0 Å². The molecule has 0 spiro atoms. The van der Waals surface area contributed by atoms with Gasteiger partial charge in [0.15, 0.2) is 34.4 Å². The second-order valence-electron chi connectivity index (χ2n) is 10.6. The van der Waals surface area contributed by atoms with Crippen LogP contribution in [0.4, 0.5) is 0 Å². The Hall–Kier alpha value is -3.10. The lowest BCUT2D eigenvalue weighted by molar-refractivity contribution is -0.172. The summed E-state index contributed by atoms with van der Waals surface area (Å²) in [4.78, 5) is 17.8. The van der Waals surface area contributed by atoms with Gasteiger partial charge in [0.1, 0.15) is 6.04 Å². The van der Waals surface area contributed by atoms with E-state index in [1.54, 1.807) is 6.92 Å². The van der Waals surface area contributed by atoms with Crippen LogP contribution in [0.2, 0.25) is 0 Å². The van der Waals surface area contributed by atoms with E-state index in [2.05, 4.69) is 11.0 Å². The number of ether oxygens (including phenoxy) is 3. The average molecular weight is 494 g/mol. The molecule has 5 unspecified atom stereocenters. The third-order valence-electron chi connectivity index (χ3n) is 9.19. The lowest BCUT2D eigenvalue weighted by atomic mass is 9.66. The van der Waals surface area contributed by atoms with E-state index in [9.17, 15) is 25.4 Å². The van der Waals surface area contributed by atoms with Crippen molar-refractivity contribution in [2.75, 3.05) is 20.5 Å². The number of aryl methyl sites for hydroxylation is 1.